The Labute approximate surface area is 126 Å². The van der Waals surface area contributed by atoms with Crippen LogP contribution in [0.15, 0.2) is 0 Å². The minimum atomic E-state index is -3.54. The van der Waals surface area contributed by atoms with E-state index in [9.17, 15) is 13.2 Å². The van der Waals surface area contributed by atoms with Gasteiger partial charge in [-0.2, -0.15) is 17.0 Å². The number of carboxylic acids is 1. The normalized spacial score (nSPS) is 26.8. The van der Waals surface area contributed by atoms with Gasteiger partial charge in [0.2, 0.25) is 0 Å². The van der Waals surface area contributed by atoms with Crippen molar-refractivity contribution in [2.75, 3.05) is 32.8 Å². The largest absolute Gasteiger partial charge is 0.481 e. The maximum absolute atomic E-state index is 12.6. The standard InChI is InChI=1S/C13H24N2O5S/c1-2-20-12-5-8-14(9-6-12)21(18,19)15-7-3-4-11(10-15)13(16)17/h11-12H,2-10H2,1H3,(H,16,17). The first-order chi connectivity index (χ1) is 9.95. The molecule has 8 heteroatoms. The van der Waals surface area contributed by atoms with Gasteiger partial charge in [-0.05, 0) is 32.6 Å². The van der Waals surface area contributed by atoms with Crippen molar-refractivity contribution in [2.45, 2.75) is 38.7 Å². The van der Waals surface area contributed by atoms with E-state index >= 15 is 0 Å². The van der Waals surface area contributed by atoms with Crippen LogP contribution in [0.25, 0.3) is 0 Å². The molecule has 2 heterocycles. The number of carboxylic acid groups (broad SMARTS) is 1. The fraction of sp³-hybridized carbons (Fsp3) is 0.923. The van der Waals surface area contributed by atoms with Gasteiger partial charge in [-0.1, -0.05) is 0 Å². The quantitative estimate of drug-likeness (QED) is 0.798. The number of carbonyl (C=O) groups is 1. The molecule has 0 aromatic rings. The molecule has 0 aromatic heterocycles. The van der Waals surface area contributed by atoms with Gasteiger partial charge in [0.15, 0.2) is 0 Å². The van der Waals surface area contributed by atoms with Gasteiger partial charge in [0, 0.05) is 32.8 Å². The van der Waals surface area contributed by atoms with Crippen LogP contribution in [0.1, 0.15) is 32.6 Å². The van der Waals surface area contributed by atoms with E-state index in [2.05, 4.69) is 0 Å². The van der Waals surface area contributed by atoms with Crippen LogP contribution in [0.4, 0.5) is 0 Å². The summed E-state index contributed by atoms with van der Waals surface area (Å²) in [6.07, 6.45) is 2.68. The van der Waals surface area contributed by atoms with Crippen LogP contribution in [-0.4, -0.2) is 67.0 Å². The Morgan fingerprint density at radius 2 is 1.86 bits per heavy atom. The molecule has 2 rings (SSSR count). The predicted molar refractivity (Wildman–Crippen MR) is 77.1 cm³/mol. The molecule has 1 atom stereocenters. The molecule has 0 aromatic carbocycles. The molecule has 2 aliphatic heterocycles. The number of hydrogen-bond donors (Lipinski definition) is 1. The number of hydrogen-bond acceptors (Lipinski definition) is 4. The fourth-order valence-electron chi connectivity index (χ4n) is 2.98. The summed E-state index contributed by atoms with van der Waals surface area (Å²) in [6.45, 7) is 3.97. The summed E-state index contributed by atoms with van der Waals surface area (Å²) < 4.78 is 33.5. The predicted octanol–water partition coefficient (Wildman–Crippen LogP) is 0.529. The van der Waals surface area contributed by atoms with Gasteiger partial charge in [0.05, 0.1) is 12.0 Å². The molecule has 2 saturated heterocycles. The van der Waals surface area contributed by atoms with Crippen molar-refractivity contribution in [3.63, 3.8) is 0 Å². The highest BCUT2D eigenvalue weighted by Gasteiger charge is 2.37. The van der Waals surface area contributed by atoms with E-state index < -0.39 is 22.1 Å². The maximum atomic E-state index is 12.6. The monoisotopic (exact) mass is 320 g/mol. The third kappa shape index (κ3) is 3.94. The molecule has 21 heavy (non-hydrogen) atoms. The zero-order valence-electron chi connectivity index (χ0n) is 12.4. The molecule has 122 valence electrons. The average Bonchev–Trinajstić information content (AvgIpc) is 2.48. The van der Waals surface area contributed by atoms with Crippen molar-refractivity contribution in [1.82, 2.24) is 8.61 Å². The van der Waals surface area contributed by atoms with Gasteiger partial charge in [-0.25, -0.2) is 0 Å². The van der Waals surface area contributed by atoms with E-state index in [1.807, 2.05) is 6.92 Å². The maximum Gasteiger partial charge on any atom is 0.307 e. The summed E-state index contributed by atoms with van der Waals surface area (Å²) in [6, 6.07) is 0. The van der Waals surface area contributed by atoms with Crippen LogP contribution in [0.3, 0.4) is 0 Å². The highest BCUT2D eigenvalue weighted by molar-refractivity contribution is 7.86. The molecule has 0 saturated carbocycles. The second kappa shape index (κ2) is 7.04. The molecule has 0 bridgehead atoms. The molecule has 0 spiro atoms. The van der Waals surface area contributed by atoms with Crippen LogP contribution < -0.4 is 0 Å². The molecule has 0 radical (unpaired) electrons. The summed E-state index contributed by atoms with van der Waals surface area (Å²) in [4.78, 5) is 11.1. The van der Waals surface area contributed by atoms with E-state index in [1.54, 1.807) is 0 Å². The van der Waals surface area contributed by atoms with Gasteiger partial charge < -0.3 is 9.84 Å². The van der Waals surface area contributed by atoms with Crippen molar-refractivity contribution < 1.29 is 23.1 Å². The summed E-state index contributed by atoms with van der Waals surface area (Å²) in [5.74, 6) is -1.50. The first-order valence-corrected chi connectivity index (χ1v) is 8.94. The molecule has 2 fully saturated rings. The third-order valence-electron chi connectivity index (χ3n) is 4.19. The molecular weight excluding hydrogens is 296 g/mol. The molecule has 0 amide bonds. The minimum Gasteiger partial charge on any atom is -0.481 e. The van der Waals surface area contributed by atoms with E-state index in [4.69, 9.17) is 9.84 Å². The molecule has 0 aliphatic carbocycles. The van der Waals surface area contributed by atoms with Crippen molar-refractivity contribution in [3.05, 3.63) is 0 Å². The first-order valence-electron chi connectivity index (χ1n) is 7.54. The summed E-state index contributed by atoms with van der Waals surface area (Å²) in [5.41, 5.74) is 0. The number of nitrogens with zero attached hydrogens (tertiary/aromatic N) is 2. The zero-order chi connectivity index (χ0) is 15.5. The van der Waals surface area contributed by atoms with Gasteiger partial charge in [0.1, 0.15) is 0 Å². The smallest absolute Gasteiger partial charge is 0.307 e. The van der Waals surface area contributed by atoms with Crippen LogP contribution in [-0.2, 0) is 19.7 Å². The van der Waals surface area contributed by atoms with E-state index in [0.29, 0.717) is 51.9 Å². The molecule has 7 nitrogen and oxygen atoms in total. The Morgan fingerprint density at radius 1 is 1.19 bits per heavy atom. The highest BCUT2D eigenvalue weighted by Crippen LogP contribution is 2.24. The van der Waals surface area contributed by atoms with Gasteiger partial charge >= 0.3 is 5.97 Å². The number of piperidine rings is 2. The van der Waals surface area contributed by atoms with Crippen LogP contribution >= 0.6 is 0 Å². The number of rotatable bonds is 5. The van der Waals surface area contributed by atoms with E-state index in [0.717, 1.165) is 0 Å². The lowest BCUT2D eigenvalue weighted by molar-refractivity contribution is -0.142. The molecular formula is C13H24N2O5S. The molecule has 1 N–H and O–H groups in total. The summed E-state index contributed by atoms with van der Waals surface area (Å²) in [7, 11) is -3.54. The Bertz CT molecular complexity index is 459. The highest BCUT2D eigenvalue weighted by atomic mass is 32.2. The Hall–Kier alpha value is -0.700. The van der Waals surface area contributed by atoms with E-state index in [-0.39, 0.29) is 12.6 Å². The molecule has 2 aliphatic rings. The third-order valence-corrected chi connectivity index (χ3v) is 6.19. The van der Waals surface area contributed by atoms with Crippen LogP contribution in [0, 0.1) is 5.92 Å². The van der Waals surface area contributed by atoms with Gasteiger partial charge in [-0.15, -0.1) is 0 Å². The lowest BCUT2D eigenvalue weighted by atomic mass is 10.0. The van der Waals surface area contributed by atoms with Gasteiger partial charge in [0.25, 0.3) is 10.2 Å². The Morgan fingerprint density at radius 3 is 2.43 bits per heavy atom. The topological polar surface area (TPSA) is 87.2 Å². The Balaban J connectivity index is 1.97. The number of aliphatic carboxylic acids is 1. The van der Waals surface area contributed by atoms with Crippen LogP contribution in [0.5, 0.6) is 0 Å². The average molecular weight is 320 g/mol. The lowest BCUT2D eigenvalue weighted by Crippen LogP contribution is -2.51. The number of ether oxygens (including phenoxy) is 1. The van der Waals surface area contributed by atoms with Crippen molar-refractivity contribution in [3.8, 4) is 0 Å². The van der Waals surface area contributed by atoms with Crippen molar-refractivity contribution >= 4 is 16.2 Å². The second-order valence-electron chi connectivity index (χ2n) is 5.60. The lowest BCUT2D eigenvalue weighted by Gasteiger charge is -2.37. The second-order valence-corrected chi connectivity index (χ2v) is 7.53. The van der Waals surface area contributed by atoms with Gasteiger partial charge in [-0.3, -0.25) is 4.79 Å². The first kappa shape index (κ1) is 16.7. The fourth-order valence-corrected chi connectivity index (χ4v) is 4.71. The van der Waals surface area contributed by atoms with E-state index in [1.165, 1.54) is 8.61 Å². The SMILES string of the molecule is CCOC1CCN(S(=O)(=O)N2CCCC(C(=O)O)C2)CC1. The Kier molecular flexibility index (Phi) is 5.59. The zero-order valence-corrected chi connectivity index (χ0v) is 13.2. The van der Waals surface area contributed by atoms with Crippen molar-refractivity contribution in [2.24, 2.45) is 5.92 Å². The van der Waals surface area contributed by atoms with Crippen molar-refractivity contribution in [1.29, 1.82) is 0 Å². The minimum absolute atomic E-state index is 0.0864. The summed E-state index contributed by atoms with van der Waals surface area (Å²) in [5, 5.41) is 9.07. The molecule has 1 unspecified atom stereocenters. The van der Waals surface area contributed by atoms with Crippen LogP contribution in [0.2, 0.25) is 0 Å². The summed E-state index contributed by atoms with van der Waals surface area (Å²) >= 11 is 0.